The van der Waals surface area contributed by atoms with Crippen LogP contribution in [-0.2, 0) is 9.59 Å². The van der Waals surface area contributed by atoms with E-state index in [0.29, 0.717) is 11.5 Å². The second-order valence-corrected chi connectivity index (χ2v) is 7.45. The molecular weight excluding hydrogens is 467 g/mol. The van der Waals surface area contributed by atoms with E-state index in [4.69, 9.17) is 16.6 Å². The van der Waals surface area contributed by atoms with Crippen molar-refractivity contribution in [1.82, 2.24) is 5.32 Å². The van der Waals surface area contributed by atoms with Gasteiger partial charge in [-0.1, -0.05) is 12.1 Å². The minimum atomic E-state index is -1.33. The summed E-state index contributed by atoms with van der Waals surface area (Å²) < 4.78 is 6.41. The van der Waals surface area contributed by atoms with Crippen molar-refractivity contribution >= 4 is 57.9 Å². The van der Waals surface area contributed by atoms with E-state index in [1.54, 1.807) is 13.0 Å². The third kappa shape index (κ3) is 3.44. The lowest BCUT2D eigenvalue weighted by molar-refractivity contribution is -0.749. The molecule has 2 aromatic rings. The average molecular weight is 482 g/mol. The number of thiocarbonyl (C=S) groups is 1. The number of hydrogen-bond acceptors (Lipinski definition) is 5. The van der Waals surface area contributed by atoms with Gasteiger partial charge in [0.1, 0.15) is 18.1 Å². The lowest BCUT2D eigenvalue weighted by Crippen LogP contribution is -2.58. The molecule has 1 amide bonds. The Balaban J connectivity index is 1.91. The maximum Gasteiger partial charge on any atom is 0.369 e. The summed E-state index contributed by atoms with van der Waals surface area (Å²) in [4.78, 5) is 23.8. The highest BCUT2D eigenvalue weighted by atomic mass is 127. The third-order valence-corrected chi connectivity index (χ3v) is 5.33. The number of amides is 1. The molecule has 26 heavy (non-hydrogen) atoms. The number of benzene rings is 1. The van der Waals surface area contributed by atoms with Crippen molar-refractivity contribution in [3.8, 4) is 11.3 Å². The van der Waals surface area contributed by atoms with Gasteiger partial charge in [-0.25, -0.2) is 4.79 Å². The molecule has 1 aromatic carbocycles. The fraction of sp³-hybridized carbons (Fsp3) is 0.167. The van der Waals surface area contributed by atoms with E-state index in [-0.39, 0.29) is 17.4 Å². The molecule has 1 unspecified atom stereocenters. The SMILES string of the molecule is CC[N+]1(CC(=O)[O-])C(=O)C(=Cc2ccc(-c3cccc(I)c3)o2)NC1=S. The third-order valence-electron chi connectivity index (χ3n) is 4.21. The Labute approximate surface area is 169 Å². The molecule has 0 saturated carbocycles. The van der Waals surface area contributed by atoms with Crippen LogP contribution >= 0.6 is 34.8 Å². The predicted molar refractivity (Wildman–Crippen MR) is 106 cm³/mol. The van der Waals surface area contributed by atoms with Gasteiger partial charge >= 0.3 is 5.91 Å². The number of carboxylic acid groups (broad SMARTS) is 1. The van der Waals surface area contributed by atoms with Crippen molar-refractivity contribution < 1.29 is 23.6 Å². The van der Waals surface area contributed by atoms with Gasteiger partial charge in [-0.15, -0.1) is 0 Å². The van der Waals surface area contributed by atoms with Crippen molar-refractivity contribution in [2.45, 2.75) is 6.92 Å². The Hall–Kier alpha value is -2.04. The highest BCUT2D eigenvalue weighted by Gasteiger charge is 2.49. The Morgan fingerprint density at radius 2 is 2.15 bits per heavy atom. The van der Waals surface area contributed by atoms with E-state index in [9.17, 15) is 14.7 Å². The number of halogens is 1. The van der Waals surface area contributed by atoms with Crippen molar-refractivity contribution in [2.75, 3.05) is 13.1 Å². The van der Waals surface area contributed by atoms with Crippen molar-refractivity contribution in [3.63, 3.8) is 0 Å². The summed E-state index contributed by atoms with van der Waals surface area (Å²) in [6, 6.07) is 11.4. The van der Waals surface area contributed by atoms with Crippen LogP contribution in [0.4, 0.5) is 0 Å². The number of nitrogens with zero attached hydrogens (tertiary/aromatic N) is 1. The molecule has 1 atom stereocenters. The number of carboxylic acids is 1. The quantitative estimate of drug-likeness (QED) is 0.304. The molecular formula is C18H15IN2O4S. The Kier molecular flexibility index (Phi) is 5.26. The first kappa shape index (κ1) is 18.7. The number of aliphatic carboxylic acids is 1. The zero-order chi connectivity index (χ0) is 18.9. The van der Waals surface area contributed by atoms with Gasteiger partial charge in [-0.2, -0.15) is 4.48 Å². The normalized spacial score (nSPS) is 21.2. The van der Waals surface area contributed by atoms with Crippen LogP contribution in [0.2, 0.25) is 0 Å². The first-order chi connectivity index (χ1) is 12.4. The van der Waals surface area contributed by atoms with Gasteiger partial charge < -0.3 is 14.3 Å². The first-order valence-electron chi connectivity index (χ1n) is 7.86. The molecule has 0 bridgehead atoms. The summed E-state index contributed by atoms with van der Waals surface area (Å²) in [6.45, 7) is 1.44. The largest absolute Gasteiger partial charge is 0.544 e. The van der Waals surface area contributed by atoms with Gasteiger partial charge in [0.05, 0.1) is 12.5 Å². The first-order valence-corrected chi connectivity index (χ1v) is 9.35. The molecule has 1 fully saturated rings. The van der Waals surface area contributed by atoms with Gasteiger partial charge in [0.25, 0.3) is 5.11 Å². The van der Waals surface area contributed by atoms with Gasteiger partial charge in [0.15, 0.2) is 5.70 Å². The lowest BCUT2D eigenvalue weighted by Gasteiger charge is -2.27. The Morgan fingerprint density at radius 3 is 2.81 bits per heavy atom. The van der Waals surface area contributed by atoms with E-state index in [1.807, 2.05) is 30.3 Å². The van der Waals surface area contributed by atoms with E-state index in [1.165, 1.54) is 6.08 Å². The molecule has 2 heterocycles. The molecule has 1 N–H and O–H groups in total. The number of rotatable bonds is 5. The standard InChI is InChI=1S/C18H15IN2O4S/c1-2-21(10-16(22)23)17(24)14(20-18(21)26)9-13-6-7-15(25-13)11-4-3-5-12(19)8-11/h3-9H,2,10H2,1H3,(H-,20,22,23,26). The van der Waals surface area contributed by atoms with E-state index < -0.39 is 22.9 Å². The zero-order valence-electron chi connectivity index (χ0n) is 13.8. The van der Waals surface area contributed by atoms with Crippen molar-refractivity contribution in [3.05, 3.63) is 51.4 Å². The second kappa shape index (κ2) is 7.29. The highest BCUT2D eigenvalue weighted by Crippen LogP contribution is 2.27. The van der Waals surface area contributed by atoms with E-state index >= 15 is 0 Å². The number of hydrogen-bond donors (Lipinski definition) is 1. The van der Waals surface area contributed by atoms with E-state index in [2.05, 4.69) is 27.9 Å². The van der Waals surface area contributed by atoms with Gasteiger partial charge in [-0.05, 0) is 53.8 Å². The molecule has 1 saturated heterocycles. The fourth-order valence-electron chi connectivity index (χ4n) is 2.83. The minimum Gasteiger partial charge on any atom is -0.544 e. The van der Waals surface area contributed by atoms with Gasteiger partial charge in [-0.3, -0.25) is 5.32 Å². The van der Waals surface area contributed by atoms with Crippen LogP contribution < -0.4 is 10.4 Å². The van der Waals surface area contributed by atoms with Crippen LogP contribution in [0.1, 0.15) is 12.7 Å². The average Bonchev–Trinajstić information content (AvgIpc) is 3.14. The Bertz CT molecular complexity index is 937. The topological polar surface area (TPSA) is 82.4 Å². The van der Waals surface area contributed by atoms with Crippen molar-refractivity contribution in [2.24, 2.45) is 0 Å². The zero-order valence-corrected chi connectivity index (χ0v) is 16.8. The molecule has 8 heteroatoms. The number of carbonyl (C=O) groups excluding carboxylic acids is 2. The molecule has 0 spiro atoms. The number of likely N-dealkylation sites (N-methyl/N-ethyl adjacent to an activating group) is 1. The molecule has 1 aliphatic rings. The molecule has 6 nitrogen and oxygen atoms in total. The van der Waals surface area contributed by atoms with Crippen LogP contribution in [0.5, 0.6) is 0 Å². The number of quaternary nitrogens is 1. The maximum atomic E-state index is 12.8. The van der Waals surface area contributed by atoms with Crippen LogP contribution in [0.25, 0.3) is 17.4 Å². The number of carbonyl (C=O) groups is 2. The summed E-state index contributed by atoms with van der Waals surface area (Å²) in [6.07, 6.45) is 1.54. The van der Waals surface area contributed by atoms with Crippen LogP contribution in [-0.4, -0.2) is 34.6 Å². The van der Waals surface area contributed by atoms with Gasteiger partial charge in [0.2, 0.25) is 0 Å². The Morgan fingerprint density at radius 1 is 1.38 bits per heavy atom. The van der Waals surface area contributed by atoms with E-state index in [0.717, 1.165) is 9.13 Å². The lowest BCUT2D eigenvalue weighted by atomic mass is 10.2. The maximum absolute atomic E-state index is 12.8. The number of furan rings is 1. The predicted octanol–water partition coefficient (Wildman–Crippen LogP) is 1.89. The van der Waals surface area contributed by atoms with Crippen LogP contribution in [0.3, 0.4) is 0 Å². The molecule has 0 aliphatic carbocycles. The summed E-state index contributed by atoms with van der Waals surface area (Å²) >= 11 is 7.44. The highest BCUT2D eigenvalue weighted by molar-refractivity contribution is 14.1. The molecule has 134 valence electrons. The van der Waals surface area contributed by atoms with Crippen molar-refractivity contribution in [1.29, 1.82) is 0 Å². The molecule has 1 aliphatic heterocycles. The van der Waals surface area contributed by atoms with Crippen LogP contribution in [0.15, 0.2) is 46.5 Å². The minimum absolute atomic E-state index is 0.150. The summed E-state index contributed by atoms with van der Waals surface area (Å²) in [7, 11) is 0. The molecule has 3 rings (SSSR count). The van der Waals surface area contributed by atoms with Crippen LogP contribution in [0, 0.1) is 3.57 Å². The molecule has 0 radical (unpaired) electrons. The smallest absolute Gasteiger partial charge is 0.369 e. The summed E-state index contributed by atoms with van der Waals surface area (Å²) in [5.41, 5.74) is 1.14. The number of nitrogens with one attached hydrogen (secondary N) is 1. The second-order valence-electron chi connectivity index (χ2n) is 5.82. The molecule has 1 aromatic heterocycles. The monoisotopic (exact) mass is 482 g/mol. The fourth-order valence-corrected chi connectivity index (χ4v) is 3.76. The van der Waals surface area contributed by atoms with Gasteiger partial charge in [0, 0.05) is 27.4 Å². The summed E-state index contributed by atoms with van der Waals surface area (Å²) in [5.74, 6) is -0.588. The summed E-state index contributed by atoms with van der Waals surface area (Å²) in [5, 5.41) is 14.0.